The van der Waals surface area contributed by atoms with Gasteiger partial charge in [0, 0.05) is 12.5 Å². The Kier molecular flexibility index (Phi) is 4.87. The van der Waals surface area contributed by atoms with Gasteiger partial charge in [-0.25, -0.2) is 4.79 Å². The Morgan fingerprint density at radius 3 is 2.76 bits per heavy atom. The summed E-state index contributed by atoms with van der Waals surface area (Å²) in [7, 11) is 0. The molecule has 0 aromatic carbocycles. The fourth-order valence-corrected chi connectivity index (χ4v) is 1.67. The summed E-state index contributed by atoms with van der Waals surface area (Å²) in [6.07, 6.45) is 6.13. The number of Topliss-reactive ketones (excluding diaryl/α,β-unsaturated/α-hetero) is 1. The zero-order valence-corrected chi connectivity index (χ0v) is 10.4. The van der Waals surface area contributed by atoms with Gasteiger partial charge >= 0.3 is 5.97 Å². The molecule has 0 saturated heterocycles. The Labute approximate surface area is 102 Å². The monoisotopic (exact) mass is 240 g/mol. The van der Waals surface area contributed by atoms with Gasteiger partial charge in [-0.05, 0) is 38.7 Å². The number of rotatable bonds is 7. The first-order chi connectivity index (χ1) is 7.95. The van der Waals surface area contributed by atoms with Gasteiger partial charge in [-0.3, -0.25) is 4.79 Å². The van der Waals surface area contributed by atoms with Crippen molar-refractivity contribution in [2.75, 3.05) is 0 Å². The van der Waals surface area contributed by atoms with Crippen LogP contribution >= 0.6 is 0 Å². The van der Waals surface area contributed by atoms with E-state index in [9.17, 15) is 14.7 Å². The van der Waals surface area contributed by atoms with E-state index in [1.165, 1.54) is 6.08 Å². The molecule has 0 aromatic rings. The summed E-state index contributed by atoms with van der Waals surface area (Å²) >= 11 is 0. The van der Waals surface area contributed by atoms with Crippen molar-refractivity contribution in [1.82, 2.24) is 0 Å². The number of esters is 1. The summed E-state index contributed by atoms with van der Waals surface area (Å²) < 4.78 is 4.97. The Hall–Kier alpha value is -1.16. The van der Waals surface area contributed by atoms with Crippen molar-refractivity contribution in [3.8, 4) is 0 Å². The third kappa shape index (κ3) is 4.30. The molecular formula is C13H20O4. The largest absolute Gasteiger partial charge is 0.455 e. The number of carbonyl (C=O) groups is 2. The Balaban J connectivity index is 2.14. The summed E-state index contributed by atoms with van der Waals surface area (Å²) in [5.41, 5.74) is -1.19. The van der Waals surface area contributed by atoms with Crippen molar-refractivity contribution in [2.45, 2.75) is 57.7 Å². The predicted octanol–water partition coefficient (Wildman–Crippen LogP) is 1.76. The number of aliphatic hydroxyl groups is 1. The van der Waals surface area contributed by atoms with Crippen molar-refractivity contribution in [3.63, 3.8) is 0 Å². The van der Waals surface area contributed by atoms with Crippen LogP contribution in [-0.4, -0.2) is 28.6 Å². The van der Waals surface area contributed by atoms with E-state index < -0.39 is 5.60 Å². The van der Waals surface area contributed by atoms with E-state index in [4.69, 9.17) is 4.74 Å². The van der Waals surface area contributed by atoms with Crippen LogP contribution in [0.1, 0.15) is 46.0 Å². The molecule has 0 spiro atoms. The number of hydrogen-bond acceptors (Lipinski definition) is 4. The van der Waals surface area contributed by atoms with Gasteiger partial charge in [-0.15, -0.1) is 0 Å². The lowest BCUT2D eigenvalue weighted by Crippen LogP contribution is -2.33. The van der Waals surface area contributed by atoms with Gasteiger partial charge in [0.1, 0.15) is 11.7 Å². The molecule has 2 atom stereocenters. The normalized spacial score (nSPS) is 22.3. The molecule has 1 unspecified atom stereocenters. The highest BCUT2D eigenvalue weighted by Crippen LogP contribution is 2.17. The maximum absolute atomic E-state index is 11.6. The molecule has 1 heterocycles. The highest BCUT2D eigenvalue weighted by molar-refractivity contribution is 5.86. The van der Waals surface area contributed by atoms with Crippen LogP contribution in [-0.2, 0) is 14.3 Å². The summed E-state index contributed by atoms with van der Waals surface area (Å²) in [6.45, 7) is 3.34. The van der Waals surface area contributed by atoms with Crippen LogP contribution in [0.4, 0.5) is 0 Å². The summed E-state index contributed by atoms with van der Waals surface area (Å²) in [6, 6.07) is 0. The number of ketones is 1. The highest BCUT2D eigenvalue weighted by atomic mass is 16.5. The van der Waals surface area contributed by atoms with E-state index in [0.29, 0.717) is 12.8 Å². The van der Waals surface area contributed by atoms with E-state index in [1.54, 1.807) is 19.9 Å². The topological polar surface area (TPSA) is 63.6 Å². The van der Waals surface area contributed by atoms with Crippen molar-refractivity contribution >= 4 is 11.8 Å². The van der Waals surface area contributed by atoms with Crippen molar-refractivity contribution in [3.05, 3.63) is 12.2 Å². The van der Waals surface area contributed by atoms with Crippen LogP contribution in [0.25, 0.3) is 0 Å². The Morgan fingerprint density at radius 2 is 2.24 bits per heavy atom. The fraction of sp³-hybridized carbons (Fsp3) is 0.692. The van der Waals surface area contributed by atoms with Crippen LogP contribution in [0.3, 0.4) is 0 Å². The quantitative estimate of drug-likeness (QED) is 0.544. The second-order valence-electron chi connectivity index (χ2n) is 4.63. The van der Waals surface area contributed by atoms with E-state index in [2.05, 4.69) is 0 Å². The Morgan fingerprint density at radius 1 is 1.53 bits per heavy atom. The first-order valence-electron chi connectivity index (χ1n) is 6.10. The Bertz CT molecular complexity index is 317. The standard InChI is InChI=1S/C13H20O4/c1-3-13(2,16)11(14)7-5-4-6-10-8-9-12(15)17-10/h8-10,16H,3-7H2,1-2H3/t10?,13-/m1/s1. The minimum Gasteiger partial charge on any atom is -0.455 e. The molecule has 0 bridgehead atoms. The van der Waals surface area contributed by atoms with E-state index >= 15 is 0 Å². The van der Waals surface area contributed by atoms with Crippen molar-refractivity contribution in [1.29, 1.82) is 0 Å². The number of hydrogen-bond donors (Lipinski definition) is 1. The first kappa shape index (κ1) is 13.9. The molecule has 1 aliphatic heterocycles. The molecule has 1 N–H and O–H groups in total. The molecule has 4 nitrogen and oxygen atoms in total. The molecule has 0 radical (unpaired) electrons. The van der Waals surface area contributed by atoms with Gasteiger partial charge in [0.2, 0.25) is 0 Å². The molecule has 1 aliphatic rings. The number of cyclic esters (lactones) is 1. The third-order valence-corrected chi connectivity index (χ3v) is 3.15. The third-order valence-electron chi connectivity index (χ3n) is 3.15. The number of unbranched alkanes of at least 4 members (excludes halogenated alkanes) is 1. The van der Waals surface area contributed by atoms with Crippen LogP contribution in [0.5, 0.6) is 0 Å². The molecular weight excluding hydrogens is 220 g/mol. The maximum atomic E-state index is 11.6. The molecule has 1 rings (SSSR count). The fourth-order valence-electron chi connectivity index (χ4n) is 1.67. The van der Waals surface area contributed by atoms with Crippen LogP contribution in [0, 0.1) is 0 Å². The zero-order valence-electron chi connectivity index (χ0n) is 10.4. The molecule has 0 fully saturated rings. The van der Waals surface area contributed by atoms with Gasteiger partial charge in [0.25, 0.3) is 0 Å². The minimum atomic E-state index is -1.19. The molecule has 0 saturated carbocycles. The molecule has 0 aliphatic carbocycles. The lowest BCUT2D eigenvalue weighted by atomic mass is 9.93. The molecule has 4 heteroatoms. The second kappa shape index (κ2) is 5.96. The van der Waals surface area contributed by atoms with E-state index in [-0.39, 0.29) is 17.9 Å². The van der Waals surface area contributed by atoms with Gasteiger partial charge < -0.3 is 9.84 Å². The lowest BCUT2D eigenvalue weighted by Gasteiger charge is -2.19. The van der Waals surface area contributed by atoms with Gasteiger partial charge in [0.05, 0.1) is 0 Å². The van der Waals surface area contributed by atoms with Crippen LogP contribution in [0.15, 0.2) is 12.2 Å². The lowest BCUT2D eigenvalue weighted by molar-refractivity contribution is -0.139. The summed E-state index contributed by atoms with van der Waals surface area (Å²) in [5.74, 6) is -0.404. The maximum Gasteiger partial charge on any atom is 0.331 e. The average Bonchev–Trinajstić information content (AvgIpc) is 2.70. The smallest absolute Gasteiger partial charge is 0.331 e. The zero-order chi connectivity index (χ0) is 12.9. The van der Waals surface area contributed by atoms with Gasteiger partial charge in [0.15, 0.2) is 5.78 Å². The van der Waals surface area contributed by atoms with Crippen molar-refractivity contribution < 1.29 is 19.4 Å². The van der Waals surface area contributed by atoms with E-state index in [0.717, 1.165) is 19.3 Å². The molecule has 0 aromatic heterocycles. The first-order valence-corrected chi connectivity index (χ1v) is 6.10. The molecule has 17 heavy (non-hydrogen) atoms. The minimum absolute atomic E-state index is 0.112. The molecule has 96 valence electrons. The average molecular weight is 240 g/mol. The van der Waals surface area contributed by atoms with Crippen LogP contribution < -0.4 is 0 Å². The molecule has 0 amide bonds. The van der Waals surface area contributed by atoms with E-state index in [1.807, 2.05) is 0 Å². The van der Waals surface area contributed by atoms with Gasteiger partial charge in [-0.2, -0.15) is 0 Å². The predicted molar refractivity (Wildman–Crippen MR) is 63.4 cm³/mol. The van der Waals surface area contributed by atoms with Crippen molar-refractivity contribution in [2.24, 2.45) is 0 Å². The number of carbonyl (C=O) groups excluding carboxylic acids is 2. The second-order valence-corrected chi connectivity index (χ2v) is 4.63. The number of ether oxygens (including phenoxy) is 1. The SMILES string of the molecule is CC[C@@](C)(O)C(=O)CCCCC1C=CC(=O)O1. The van der Waals surface area contributed by atoms with Gasteiger partial charge in [-0.1, -0.05) is 6.92 Å². The highest BCUT2D eigenvalue weighted by Gasteiger charge is 2.26. The summed E-state index contributed by atoms with van der Waals surface area (Å²) in [4.78, 5) is 22.4. The van der Waals surface area contributed by atoms with Crippen LogP contribution in [0.2, 0.25) is 0 Å². The summed E-state index contributed by atoms with van der Waals surface area (Å²) in [5, 5.41) is 9.71.